The molecule has 0 aliphatic rings. The minimum absolute atomic E-state index is 0.0988. The van der Waals surface area contributed by atoms with Crippen molar-refractivity contribution in [3.8, 4) is 6.07 Å². The van der Waals surface area contributed by atoms with E-state index >= 15 is 0 Å². The highest BCUT2D eigenvalue weighted by Crippen LogP contribution is 2.26. The first-order chi connectivity index (χ1) is 9.04. The summed E-state index contributed by atoms with van der Waals surface area (Å²) >= 11 is 1.40. The number of benzene rings is 1. The van der Waals surface area contributed by atoms with Gasteiger partial charge in [0.2, 0.25) is 0 Å². The molecule has 0 fully saturated rings. The Kier molecular flexibility index (Phi) is 3.82. The smallest absolute Gasteiger partial charge is 0.194 e. The Labute approximate surface area is 117 Å². The van der Waals surface area contributed by atoms with Crippen molar-refractivity contribution in [2.75, 3.05) is 0 Å². The second-order valence-electron chi connectivity index (χ2n) is 4.70. The van der Waals surface area contributed by atoms with Gasteiger partial charge in [-0.05, 0) is 54.5 Å². The van der Waals surface area contributed by atoms with Crippen LogP contribution in [0.4, 0.5) is 0 Å². The molecule has 96 valence electrons. The molecule has 0 spiro atoms. The predicted molar refractivity (Wildman–Crippen MR) is 77.7 cm³/mol. The van der Waals surface area contributed by atoms with Gasteiger partial charge in [0.25, 0.3) is 0 Å². The summed E-state index contributed by atoms with van der Waals surface area (Å²) in [7, 11) is 0. The third kappa shape index (κ3) is 2.59. The van der Waals surface area contributed by atoms with E-state index in [9.17, 15) is 10.1 Å². The molecule has 0 aliphatic carbocycles. The van der Waals surface area contributed by atoms with Crippen molar-refractivity contribution in [1.82, 2.24) is 0 Å². The van der Waals surface area contributed by atoms with Crippen molar-refractivity contribution in [3.05, 3.63) is 56.8 Å². The topological polar surface area (TPSA) is 40.9 Å². The normalized spacial score (nSPS) is 11.9. The van der Waals surface area contributed by atoms with Crippen molar-refractivity contribution < 1.29 is 4.79 Å². The lowest BCUT2D eigenvalue weighted by Crippen LogP contribution is -2.11. The maximum absolute atomic E-state index is 12.4. The number of carbonyl (C=O) groups is 1. The van der Waals surface area contributed by atoms with Gasteiger partial charge in [-0.15, -0.1) is 11.3 Å². The van der Waals surface area contributed by atoms with Gasteiger partial charge in [0.15, 0.2) is 5.78 Å². The van der Waals surface area contributed by atoms with Gasteiger partial charge in [-0.1, -0.05) is 18.2 Å². The van der Waals surface area contributed by atoms with Gasteiger partial charge in [-0.3, -0.25) is 4.79 Å². The number of aryl methyl sites for hydroxylation is 3. The van der Waals surface area contributed by atoms with Crippen LogP contribution in [-0.2, 0) is 0 Å². The Balaban J connectivity index is 2.41. The zero-order valence-electron chi connectivity index (χ0n) is 11.2. The average molecular weight is 269 g/mol. The maximum atomic E-state index is 12.4. The van der Waals surface area contributed by atoms with E-state index in [4.69, 9.17) is 0 Å². The molecule has 1 unspecified atom stereocenters. The summed E-state index contributed by atoms with van der Waals surface area (Å²) in [5.74, 6) is -0.810. The molecule has 0 radical (unpaired) electrons. The van der Waals surface area contributed by atoms with Crippen LogP contribution >= 0.6 is 11.3 Å². The third-order valence-corrected chi connectivity index (χ3v) is 4.37. The van der Waals surface area contributed by atoms with Crippen LogP contribution in [-0.4, -0.2) is 5.78 Å². The second kappa shape index (κ2) is 5.38. The number of nitriles is 1. The van der Waals surface area contributed by atoms with Crippen LogP contribution < -0.4 is 0 Å². The molecule has 0 aliphatic heterocycles. The SMILES string of the molecule is Cc1ccc(C(C#N)C(=O)c2sccc2C)cc1C. The molecular weight excluding hydrogens is 254 g/mol. The number of hydrogen-bond donors (Lipinski definition) is 0. The minimum Gasteiger partial charge on any atom is -0.291 e. The minimum atomic E-state index is -0.711. The summed E-state index contributed by atoms with van der Waals surface area (Å²) in [6.07, 6.45) is 0. The van der Waals surface area contributed by atoms with Crippen molar-refractivity contribution in [3.63, 3.8) is 0 Å². The van der Waals surface area contributed by atoms with E-state index in [1.54, 1.807) is 0 Å². The van der Waals surface area contributed by atoms with Gasteiger partial charge in [0.1, 0.15) is 5.92 Å². The van der Waals surface area contributed by atoms with Gasteiger partial charge in [-0.2, -0.15) is 5.26 Å². The summed E-state index contributed by atoms with van der Waals surface area (Å²) in [5, 5.41) is 11.2. The second-order valence-corrected chi connectivity index (χ2v) is 5.62. The Morgan fingerprint density at radius 3 is 2.42 bits per heavy atom. The number of hydrogen-bond acceptors (Lipinski definition) is 3. The molecule has 0 amide bonds. The molecule has 0 bridgehead atoms. The monoisotopic (exact) mass is 269 g/mol. The largest absolute Gasteiger partial charge is 0.291 e. The van der Waals surface area contributed by atoms with E-state index in [1.165, 1.54) is 16.9 Å². The summed E-state index contributed by atoms with van der Waals surface area (Å²) in [4.78, 5) is 13.1. The predicted octanol–water partition coefficient (Wildman–Crippen LogP) is 4.16. The van der Waals surface area contributed by atoms with E-state index in [0.717, 1.165) is 16.7 Å². The van der Waals surface area contributed by atoms with Gasteiger partial charge in [0.05, 0.1) is 10.9 Å². The Morgan fingerprint density at radius 2 is 1.89 bits per heavy atom. The van der Waals surface area contributed by atoms with Crippen molar-refractivity contribution in [2.45, 2.75) is 26.7 Å². The highest BCUT2D eigenvalue weighted by atomic mass is 32.1. The number of carbonyl (C=O) groups excluding carboxylic acids is 1. The molecule has 3 heteroatoms. The highest BCUT2D eigenvalue weighted by molar-refractivity contribution is 7.12. The maximum Gasteiger partial charge on any atom is 0.194 e. The highest BCUT2D eigenvalue weighted by Gasteiger charge is 2.24. The number of rotatable bonds is 3. The zero-order chi connectivity index (χ0) is 14.0. The fraction of sp³-hybridized carbons (Fsp3) is 0.250. The quantitative estimate of drug-likeness (QED) is 0.785. The number of ketones is 1. The summed E-state index contributed by atoms with van der Waals surface area (Å²) in [6.45, 7) is 5.92. The first kappa shape index (κ1) is 13.5. The van der Waals surface area contributed by atoms with Crippen molar-refractivity contribution >= 4 is 17.1 Å². The summed E-state index contributed by atoms with van der Waals surface area (Å²) < 4.78 is 0. The number of thiophene rings is 1. The van der Waals surface area contributed by atoms with Gasteiger partial charge in [-0.25, -0.2) is 0 Å². The fourth-order valence-electron chi connectivity index (χ4n) is 1.98. The molecule has 19 heavy (non-hydrogen) atoms. The Morgan fingerprint density at radius 1 is 1.16 bits per heavy atom. The average Bonchev–Trinajstić information content (AvgIpc) is 2.80. The van der Waals surface area contributed by atoms with Gasteiger partial charge >= 0.3 is 0 Å². The molecule has 0 saturated carbocycles. The van der Waals surface area contributed by atoms with Gasteiger partial charge < -0.3 is 0 Å². The molecule has 2 nitrogen and oxygen atoms in total. The van der Waals surface area contributed by atoms with E-state index in [2.05, 4.69) is 6.07 Å². The molecule has 1 atom stereocenters. The first-order valence-corrected chi connectivity index (χ1v) is 6.97. The van der Waals surface area contributed by atoms with Crippen LogP contribution in [0.1, 0.15) is 37.8 Å². The van der Waals surface area contributed by atoms with E-state index in [0.29, 0.717) is 4.88 Å². The van der Waals surface area contributed by atoms with E-state index in [1.807, 2.05) is 50.4 Å². The van der Waals surface area contributed by atoms with Crippen LogP contribution in [0.15, 0.2) is 29.6 Å². The molecule has 1 heterocycles. The molecule has 2 aromatic rings. The lowest BCUT2D eigenvalue weighted by Gasteiger charge is -2.10. The van der Waals surface area contributed by atoms with E-state index < -0.39 is 5.92 Å². The lowest BCUT2D eigenvalue weighted by molar-refractivity contribution is 0.0982. The van der Waals surface area contributed by atoms with Crippen LogP contribution in [0.5, 0.6) is 0 Å². The Hall–Kier alpha value is -1.92. The molecule has 1 aromatic heterocycles. The number of nitrogens with zero attached hydrogens (tertiary/aromatic N) is 1. The van der Waals surface area contributed by atoms with Crippen LogP contribution in [0, 0.1) is 32.1 Å². The zero-order valence-corrected chi connectivity index (χ0v) is 12.0. The van der Waals surface area contributed by atoms with Crippen LogP contribution in [0.25, 0.3) is 0 Å². The summed E-state index contributed by atoms with van der Waals surface area (Å²) in [5.41, 5.74) is 4.00. The summed E-state index contributed by atoms with van der Waals surface area (Å²) in [6, 6.07) is 9.82. The molecule has 0 saturated heterocycles. The molecule has 0 N–H and O–H groups in total. The first-order valence-electron chi connectivity index (χ1n) is 6.09. The van der Waals surface area contributed by atoms with Gasteiger partial charge in [0, 0.05) is 0 Å². The van der Waals surface area contributed by atoms with Crippen molar-refractivity contribution in [1.29, 1.82) is 5.26 Å². The van der Waals surface area contributed by atoms with E-state index in [-0.39, 0.29) is 5.78 Å². The van der Waals surface area contributed by atoms with Crippen LogP contribution in [0.2, 0.25) is 0 Å². The molecule has 1 aromatic carbocycles. The Bertz CT molecular complexity index is 664. The third-order valence-electron chi connectivity index (χ3n) is 3.34. The fourth-order valence-corrected chi connectivity index (χ4v) is 2.88. The number of Topliss-reactive ketones (excluding diaryl/α,β-unsaturated/α-hetero) is 1. The van der Waals surface area contributed by atoms with Crippen molar-refractivity contribution in [2.24, 2.45) is 0 Å². The standard InChI is InChI=1S/C16H15NOS/c1-10-4-5-13(8-12(10)3)14(9-17)15(18)16-11(2)6-7-19-16/h4-8,14H,1-3H3. The molecular formula is C16H15NOS. The van der Waals surface area contributed by atoms with Crippen LogP contribution in [0.3, 0.4) is 0 Å². The lowest BCUT2D eigenvalue weighted by atomic mass is 9.92. The molecule has 2 rings (SSSR count).